The van der Waals surface area contributed by atoms with Gasteiger partial charge in [0, 0.05) is 26.1 Å². The molecule has 1 aromatic rings. The summed E-state index contributed by atoms with van der Waals surface area (Å²) in [7, 11) is 0. The highest BCUT2D eigenvalue weighted by Crippen LogP contribution is 2.47. The normalized spacial score (nSPS) is 19.9. The number of halogens is 1. The molecule has 1 aromatic heterocycles. The highest BCUT2D eigenvalue weighted by Gasteiger charge is 2.43. The van der Waals surface area contributed by atoms with Gasteiger partial charge in [-0.05, 0) is 38.5 Å². The molecule has 2 heterocycles. The molecule has 1 aliphatic heterocycles. The number of rotatable bonds is 4. The van der Waals surface area contributed by atoms with E-state index in [0.29, 0.717) is 30.1 Å². The lowest BCUT2D eigenvalue weighted by molar-refractivity contribution is 0.151. The van der Waals surface area contributed by atoms with Gasteiger partial charge in [0.15, 0.2) is 11.8 Å². The van der Waals surface area contributed by atoms with Crippen LogP contribution in [-0.4, -0.2) is 47.2 Å². The Morgan fingerprint density at radius 2 is 2.23 bits per heavy atom. The van der Waals surface area contributed by atoms with E-state index >= 15 is 0 Å². The number of aliphatic imine (C=N–C) groups is 1. The molecule has 1 saturated carbocycles. The number of hydrogen-bond acceptors (Lipinski definition) is 4. The zero-order chi connectivity index (χ0) is 14.7. The van der Waals surface area contributed by atoms with E-state index in [0.717, 1.165) is 19.0 Å². The summed E-state index contributed by atoms with van der Waals surface area (Å²) >= 11 is 0. The van der Waals surface area contributed by atoms with Crippen LogP contribution >= 0.6 is 24.0 Å². The van der Waals surface area contributed by atoms with E-state index in [9.17, 15) is 0 Å². The third-order valence-corrected chi connectivity index (χ3v) is 4.64. The fourth-order valence-electron chi connectivity index (χ4n) is 3.33. The van der Waals surface area contributed by atoms with Crippen molar-refractivity contribution in [2.75, 3.05) is 26.2 Å². The molecule has 0 unspecified atom stereocenters. The van der Waals surface area contributed by atoms with Crippen molar-refractivity contribution in [1.82, 2.24) is 20.4 Å². The van der Waals surface area contributed by atoms with Gasteiger partial charge in [-0.25, -0.2) is 0 Å². The SMILES string of the molecule is CCNC(=NCCc1nc(C)no1)N1CCC2(CCC2)C1.I. The van der Waals surface area contributed by atoms with E-state index in [-0.39, 0.29) is 24.0 Å². The Labute approximate surface area is 149 Å². The van der Waals surface area contributed by atoms with Gasteiger partial charge < -0.3 is 14.7 Å². The second-order valence-corrected chi connectivity index (χ2v) is 6.25. The highest BCUT2D eigenvalue weighted by atomic mass is 127. The molecule has 1 aliphatic carbocycles. The van der Waals surface area contributed by atoms with Crippen molar-refractivity contribution in [1.29, 1.82) is 0 Å². The van der Waals surface area contributed by atoms with Crippen molar-refractivity contribution in [3.63, 3.8) is 0 Å². The Balaban J connectivity index is 0.00000176. The van der Waals surface area contributed by atoms with E-state index < -0.39 is 0 Å². The Morgan fingerprint density at radius 3 is 2.77 bits per heavy atom. The maximum absolute atomic E-state index is 5.13. The molecular formula is C15H26IN5O. The number of aromatic nitrogens is 2. The molecule has 2 fully saturated rings. The minimum atomic E-state index is 0. The molecule has 124 valence electrons. The van der Waals surface area contributed by atoms with Crippen molar-refractivity contribution in [3.05, 3.63) is 11.7 Å². The number of aryl methyl sites for hydroxylation is 1. The van der Waals surface area contributed by atoms with Crippen LogP contribution in [0.1, 0.15) is 44.3 Å². The van der Waals surface area contributed by atoms with Crippen LogP contribution in [0.3, 0.4) is 0 Å². The first-order chi connectivity index (χ1) is 10.2. The van der Waals surface area contributed by atoms with E-state index in [1.165, 1.54) is 32.2 Å². The van der Waals surface area contributed by atoms with Gasteiger partial charge in [0.05, 0.1) is 6.54 Å². The molecular weight excluding hydrogens is 393 g/mol. The Bertz CT molecular complexity index is 512. The first-order valence-corrected chi connectivity index (χ1v) is 8.03. The minimum Gasteiger partial charge on any atom is -0.357 e. The summed E-state index contributed by atoms with van der Waals surface area (Å²) in [5.74, 6) is 2.40. The van der Waals surface area contributed by atoms with Crippen LogP contribution in [0.25, 0.3) is 0 Å². The Hall–Kier alpha value is -0.860. The molecule has 1 spiro atoms. The van der Waals surface area contributed by atoms with Gasteiger partial charge in [0.1, 0.15) is 0 Å². The largest absolute Gasteiger partial charge is 0.357 e. The third kappa shape index (κ3) is 3.91. The Kier molecular flexibility index (Phi) is 6.05. The monoisotopic (exact) mass is 419 g/mol. The maximum atomic E-state index is 5.13. The van der Waals surface area contributed by atoms with E-state index in [1.807, 2.05) is 6.92 Å². The van der Waals surface area contributed by atoms with Crippen LogP contribution in [0, 0.1) is 12.3 Å². The Morgan fingerprint density at radius 1 is 1.41 bits per heavy atom. The van der Waals surface area contributed by atoms with Crippen LogP contribution in [-0.2, 0) is 6.42 Å². The standard InChI is InChI=1S/C15H25N5O.HI/c1-3-16-14(17-9-5-13-18-12(2)19-21-13)20-10-8-15(11-20)6-4-7-15;/h3-11H2,1-2H3,(H,16,17);1H. The molecule has 0 aromatic carbocycles. The van der Waals surface area contributed by atoms with Gasteiger partial charge in [0.2, 0.25) is 5.89 Å². The molecule has 1 saturated heterocycles. The smallest absolute Gasteiger partial charge is 0.228 e. The summed E-state index contributed by atoms with van der Waals surface area (Å²) in [5.41, 5.74) is 0.597. The number of guanidine groups is 1. The van der Waals surface area contributed by atoms with Crippen molar-refractivity contribution in [3.8, 4) is 0 Å². The predicted octanol–water partition coefficient (Wildman–Crippen LogP) is 2.38. The quantitative estimate of drug-likeness (QED) is 0.461. The predicted molar refractivity (Wildman–Crippen MR) is 96.6 cm³/mol. The van der Waals surface area contributed by atoms with Crippen LogP contribution in [0.4, 0.5) is 0 Å². The fourth-order valence-corrected chi connectivity index (χ4v) is 3.33. The number of nitrogens with one attached hydrogen (secondary N) is 1. The summed E-state index contributed by atoms with van der Waals surface area (Å²) in [5, 5.41) is 7.22. The second kappa shape index (κ2) is 7.61. The zero-order valence-electron chi connectivity index (χ0n) is 13.5. The first kappa shape index (κ1) is 17.5. The topological polar surface area (TPSA) is 66.5 Å². The first-order valence-electron chi connectivity index (χ1n) is 8.03. The second-order valence-electron chi connectivity index (χ2n) is 6.25. The summed E-state index contributed by atoms with van der Waals surface area (Å²) in [6, 6.07) is 0. The highest BCUT2D eigenvalue weighted by molar-refractivity contribution is 14.0. The van der Waals surface area contributed by atoms with Crippen LogP contribution in [0.5, 0.6) is 0 Å². The molecule has 3 rings (SSSR count). The third-order valence-electron chi connectivity index (χ3n) is 4.64. The summed E-state index contributed by atoms with van der Waals surface area (Å²) in [4.78, 5) is 11.4. The lowest BCUT2D eigenvalue weighted by Gasteiger charge is -2.38. The number of hydrogen-bond donors (Lipinski definition) is 1. The lowest BCUT2D eigenvalue weighted by atomic mass is 9.68. The van der Waals surface area contributed by atoms with Crippen molar-refractivity contribution < 1.29 is 4.52 Å². The molecule has 0 bridgehead atoms. The van der Waals surface area contributed by atoms with E-state index in [2.05, 4.69) is 27.3 Å². The maximum Gasteiger partial charge on any atom is 0.228 e. The molecule has 6 nitrogen and oxygen atoms in total. The fraction of sp³-hybridized carbons (Fsp3) is 0.800. The van der Waals surface area contributed by atoms with Gasteiger partial charge in [-0.1, -0.05) is 11.6 Å². The number of nitrogens with zero attached hydrogens (tertiary/aromatic N) is 4. The molecule has 0 radical (unpaired) electrons. The number of likely N-dealkylation sites (tertiary alicyclic amines) is 1. The summed E-state index contributed by atoms with van der Waals surface area (Å²) in [6.45, 7) is 7.84. The molecule has 2 aliphatic rings. The lowest BCUT2D eigenvalue weighted by Crippen LogP contribution is -2.42. The molecule has 22 heavy (non-hydrogen) atoms. The average Bonchev–Trinajstić information content (AvgIpc) is 3.04. The van der Waals surface area contributed by atoms with Crippen LogP contribution in [0.2, 0.25) is 0 Å². The summed E-state index contributed by atoms with van der Waals surface area (Å²) in [6.07, 6.45) is 6.21. The van der Waals surface area contributed by atoms with Crippen molar-refractivity contribution >= 4 is 29.9 Å². The van der Waals surface area contributed by atoms with Crippen LogP contribution in [0.15, 0.2) is 9.52 Å². The summed E-state index contributed by atoms with van der Waals surface area (Å²) < 4.78 is 5.13. The molecule has 7 heteroatoms. The van der Waals surface area contributed by atoms with Crippen molar-refractivity contribution in [2.45, 2.75) is 46.0 Å². The molecule has 1 N–H and O–H groups in total. The minimum absolute atomic E-state index is 0. The van der Waals surface area contributed by atoms with E-state index in [1.54, 1.807) is 0 Å². The average molecular weight is 419 g/mol. The molecule has 0 atom stereocenters. The van der Waals surface area contributed by atoms with Crippen LogP contribution < -0.4 is 5.32 Å². The van der Waals surface area contributed by atoms with Crippen molar-refractivity contribution in [2.24, 2.45) is 10.4 Å². The van der Waals surface area contributed by atoms with Gasteiger partial charge in [0.25, 0.3) is 0 Å². The van der Waals surface area contributed by atoms with E-state index in [4.69, 9.17) is 9.52 Å². The zero-order valence-corrected chi connectivity index (χ0v) is 15.8. The molecule has 0 amide bonds. The van der Waals surface area contributed by atoms with Gasteiger partial charge in [-0.15, -0.1) is 24.0 Å². The van der Waals surface area contributed by atoms with Gasteiger partial charge >= 0.3 is 0 Å². The van der Waals surface area contributed by atoms with Gasteiger partial charge in [-0.3, -0.25) is 4.99 Å². The van der Waals surface area contributed by atoms with Gasteiger partial charge in [-0.2, -0.15) is 4.98 Å².